The van der Waals surface area contributed by atoms with Crippen LogP contribution in [0, 0.1) is 5.82 Å². The summed E-state index contributed by atoms with van der Waals surface area (Å²) in [5.41, 5.74) is 1.61. The van der Waals surface area contributed by atoms with Crippen molar-refractivity contribution in [1.29, 1.82) is 0 Å². The van der Waals surface area contributed by atoms with Crippen molar-refractivity contribution in [3.8, 4) is 0 Å². The van der Waals surface area contributed by atoms with Crippen LogP contribution in [-0.2, 0) is 4.74 Å². The third kappa shape index (κ3) is 3.50. The van der Waals surface area contributed by atoms with Crippen LogP contribution in [0.5, 0.6) is 0 Å². The number of rotatable bonds is 4. The second-order valence-corrected chi connectivity index (χ2v) is 5.61. The molecule has 1 fully saturated rings. The number of aromatic nitrogens is 1. The van der Waals surface area contributed by atoms with E-state index in [0.717, 1.165) is 30.9 Å². The fourth-order valence-corrected chi connectivity index (χ4v) is 2.88. The molecule has 0 saturated carbocycles. The van der Waals surface area contributed by atoms with Gasteiger partial charge in [-0.05, 0) is 43.2 Å². The van der Waals surface area contributed by atoms with Gasteiger partial charge in [-0.3, -0.25) is 0 Å². The van der Waals surface area contributed by atoms with Crippen LogP contribution in [0.2, 0.25) is 0 Å². The number of ether oxygens (including phenoxy) is 1. The van der Waals surface area contributed by atoms with E-state index in [1.54, 1.807) is 19.2 Å². The number of esters is 1. The predicted octanol–water partition coefficient (Wildman–Crippen LogP) is 3.39. The van der Waals surface area contributed by atoms with E-state index in [1.807, 2.05) is 18.2 Å². The first-order valence-corrected chi connectivity index (χ1v) is 7.81. The molecule has 1 aromatic carbocycles. The van der Waals surface area contributed by atoms with E-state index in [-0.39, 0.29) is 11.8 Å². The molecule has 1 saturated heterocycles. The first kappa shape index (κ1) is 15.5. The van der Waals surface area contributed by atoms with Gasteiger partial charge in [0, 0.05) is 25.2 Å². The van der Waals surface area contributed by atoms with E-state index in [1.165, 1.54) is 12.1 Å². The number of carbonyl (C=O) groups is 1. The third-order valence-electron chi connectivity index (χ3n) is 4.11. The minimum atomic E-state index is -0.350. The summed E-state index contributed by atoms with van der Waals surface area (Å²) >= 11 is 0. The second kappa shape index (κ2) is 6.77. The van der Waals surface area contributed by atoms with E-state index in [4.69, 9.17) is 4.74 Å². The van der Waals surface area contributed by atoms with Gasteiger partial charge in [0.2, 0.25) is 0 Å². The highest BCUT2D eigenvalue weighted by Gasteiger charge is 2.25. The van der Waals surface area contributed by atoms with Crippen molar-refractivity contribution in [1.82, 2.24) is 4.98 Å². The Hall–Kier alpha value is -2.43. The van der Waals surface area contributed by atoms with Crippen LogP contribution >= 0.6 is 0 Å². The maximum atomic E-state index is 13.0. The summed E-state index contributed by atoms with van der Waals surface area (Å²) in [5, 5.41) is 0. The fourth-order valence-electron chi connectivity index (χ4n) is 2.88. The van der Waals surface area contributed by atoms with Crippen molar-refractivity contribution in [3.05, 3.63) is 59.5 Å². The molecule has 0 spiro atoms. The van der Waals surface area contributed by atoms with Crippen LogP contribution in [0.1, 0.15) is 35.2 Å². The molecule has 3 rings (SSSR count). The Labute approximate surface area is 134 Å². The molecule has 0 N–H and O–H groups in total. The zero-order valence-corrected chi connectivity index (χ0v) is 13.0. The molecule has 1 aliphatic heterocycles. The molecule has 4 nitrogen and oxygen atoms in total. The van der Waals surface area contributed by atoms with Gasteiger partial charge in [-0.2, -0.15) is 0 Å². The van der Waals surface area contributed by atoms with Crippen LogP contribution in [0.4, 0.5) is 10.2 Å². The highest BCUT2D eigenvalue weighted by molar-refractivity contribution is 5.89. The number of pyridine rings is 1. The molecular weight excluding hydrogens is 295 g/mol. The van der Waals surface area contributed by atoms with Gasteiger partial charge in [-0.15, -0.1) is 0 Å². The molecule has 0 radical (unpaired) electrons. The van der Waals surface area contributed by atoms with Gasteiger partial charge >= 0.3 is 5.97 Å². The Morgan fingerprint density at radius 2 is 2.09 bits per heavy atom. The van der Waals surface area contributed by atoms with Gasteiger partial charge in [0.1, 0.15) is 11.6 Å². The topological polar surface area (TPSA) is 42.4 Å². The van der Waals surface area contributed by atoms with Crippen LogP contribution in [-0.4, -0.2) is 30.6 Å². The quantitative estimate of drug-likeness (QED) is 0.811. The average Bonchev–Trinajstić information content (AvgIpc) is 3.06. The Balaban J connectivity index is 1.67. The van der Waals surface area contributed by atoms with Crippen molar-refractivity contribution < 1.29 is 13.9 Å². The lowest BCUT2D eigenvalue weighted by molar-refractivity contribution is 0.0526. The molecule has 0 aliphatic carbocycles. The lowest BCUT2D eigenvalue weighted by Gasteiger charge is -2.17. The van der Waals surface area contributed by atoms with Gasteiger partial charge in [0.25, 0.3) is 0 Å². The number of nitrogens with zero attached hydrogens (tertiary/aromatic N) is 2. The number of halogens is 1. The lowest BCUT2D eigenvalue weighted by atomic mass is 9.99. The van der Waals surface area contributed by atoms with Crippen molar-refractivity contribution >= 4 is 11.8 Å². The summed E-state index contributed by atoms with van der Waals surface area (Å²) in [4.78, 5) is 18.2. The van der Waals surface area contributed by atoms with E-state index in [9.17, 15) is 9.18 Å². The third-order valence-corrected chi connectivity index (χ3v) is 4.11. The molecule has 1 atom stereocenters. The molecule has 5 heteroatoms. The molecule has 2 aromatic rings. The summed E-state index contributed by atoms with van der Waals surface area (Å²) in [6.45, 7) is 3.87. The van der Waals surface area contributed by atoms with Crippen molar-refractivity contribution in [2.75, 3.05) is 24.6 Å². The minimum Gasteiger partial charge on any atom is -0.462 e. The smallest absolute Gasteiger partial charge is 0.339 e. The highest BCUT2D eigenvalue weighted by atomic mass is 19.1. The molecule has 2 heterocycles. The van der Waals surface area contributed by atoms with E-state index >= 15 is 0 Å². The molecule has 0 unspecified atom stereocenters. The number of benzene rings is 1. The molecule has 1 aliphatic rings. The van der Waals surface area contributed by atoms with Crippen LogP contribution < -0.4 is 4.90 Å². The average molecular weight is 314 g/mol. The Morgan fingerprint density at radius 1 is 1.30 bits per heavy atom. The number of carbonyl (C=O) groups excluding carboxylic acids is 1. The summed E-state index contributed by atoms with van der Waals surface area (Å²) < 4.78 is 18.0. The molecular formula is C18H19FN2O2. The van der Waals surface area contributed by atoms with E-state index in [2.05, 4.69) is 9.88 Å². The van der Waals surface area contributed by atoms with Gasteiger partial charge in [-0.25, -0.2) is 14.2 Å². The minimum absolute atomic E-state index is 0.208. The molecule has 0 amide bonds. The number of hydrogen-bond acceptors (Lipinski definition) is 4. The van der Waals surface area contributed by atoms with E-state index < -0.39 is 0 Å². The number of anilines is 1. The maximum Gasteiger partial charge on any atom is 0.339 e. The Bertz CT molecular complexity index is 670. The molecule has 0 bridgehead atoms. The van der Waals surface area contributed by atoms with Crippen molar-refractivity contribution in [2.24, 2.45) is 0 Å². The maximum absolute atomic E-state index is 13.0. The largest absolute Gasteiger partial charge is 0.462 e. The Morgan fingerprint density at radius 3 is 2.74 bits per heavy atom. The normalized spacial score (nSPS) is 17.3. The second-order valence-electron chi connectivity index (χ2n) is 5.61. The summed E-state index contributed by atoms with van der Waals surface area (Å²) in [5.74, 6) is 0.668. The van der Waals surface area contributed by atoms with Crippen LogP contribution in [0.3, 0.4) is 0 Å². The summed E-state index contributed by atoms with van der Waals surface area (Å²) in [7, 11) is 0. The SMILES string of the molecule is CCOC(=O)c1ccc(N2CC[C@@H](c3ccc(F)cc3)C2)nc1. The van der Waals surface area contributed by atoms with Crippen LogP contribution in [0.15, 0.2) is 42.6 Å². The summed E-state index contributed by atoms with van der Waals surface area (Å²) in [6.07, 6.45) is 2.56. The molecule has 120 valence electrons. The summed E-state index contributed by atoms with van der Waals surface area (Å²) in [6, 6.07) is 10.3. The molecule has 1 aromatic heterocycles. The predicted molar refractivity (Wildman–Crippen MR) is 86.2 cm³/mol. The zero-order valence-electron chi connectivity index (χ0n) is 13.0. The highest BCUT2D eigenvalue weighted by Crippen LogP contribution is 2.30. The molecule has 23 heavy (non-hydrogen) atoms. The first-order valence-electron chi connectivity index (χ1n) is 7.81. The fraction of sp³-hybridized carbons (Fsp3) is 0.333. The first-order chi connectivity index (χ1) is 11.2. The van der Waals surface area contributed by atoms with Gasteiger partial charge in [0.15, 0.2) is 0 Å². The van der Waals surface area contributed by atoms with Gasteiger partial charge < -0.3 is 9.64 Å². The van der Waals surface area contributed by atoms with Crippen LogP contribution in [0.25, 0.3) is 0 Å². The standard InChI is InChI=1S/C18H19FN2O2/c1-2-23-18(22)14-5-8-17(20-11-14)21-10-9-15(12-21)13-3-6-16(19)7-4-13/h3-8,11,15H,2,9-10,12H2,1H3/t15-/m1/s1. The Kier molecular flexibility index (Phi) is 4.55. The number of hydrogen-bond donors (Lipinski definition) is 0. The van der Waals surface area contributed by atoms with Gasteiger partial charge in [0.05, 0.1) is 12.2 Å². The lowest BCUT2D eigenvalue weighted by Crippen LogP contribution is -2.20. The van der Waals surface area contributed by atoms with E-state index in [0.29, 0.717) is 18.1 Å². The monoisotopic (exact) mass is 314 g/mol. The zero-order chi connectivity index (χ0) is 16.2. The van der Waals surface area contributed by atoms with Crippen molar-refractivity contribution in [2.45, 2.75) is 19.3 Å². The van der Waals surface area contributed by atoms with Gasteiger partial charge in [-0.1, -0.05) is 12.1 Å². The van der Waals surface area contributed by atoms with Crippen molar-refractivity contribution in [3.63, 3.8) is 0 Å².